The molecule has 1 aromatic carbocycles. The minimum atomic E-state index is -5.09. The van der Waals surface area contributed by atoms with Crippen molar-refractivity contribution >= 4 is 20.8 Å². The van der Waals surface area contributed by atoms with Crippen molar-refractivity contribution in [1.29, 1.82) is 0 Å². The highest BCUT2D eigenvalue weighted by Crippen LogP contribution is 2.56. The molecule has 0 saturated heterocycles. The highest BCUT2D eigenvalue weighted by Gasteiger charge is 2.50. The number of aliphatic hydroxyl groups excluding tert-OH is 2. The first-order valence-electron chi connectivity index (χ1n) is 11.0. The van der Waals surface area contributed by atoms with Crippen LogP contribution in [0.4, 0.5) is 0 Å². The second-order valence-corrected chi connectivity index (χ2v) is 11.2. The summed E-state index contributed by atoms with van der Waals surface area (Å²) in [5, 5.41) is 22.2. The first kappa shape index (κ1) is 27.4. The molecular formula is C22H30O11S2. The Kier molecular flexibility index (Phi) is 7.89. The van der Waals surface area contributed by atoms with Crippen LogP contribution < -0.4 is 13.1 Å². The van der Waals surface area contributed by atoms with E-state index in [2.05, 4.69) is 10.3 Å². The van der Waals surface area contributed by atoms with Gasteiger partial charge in [0.15, 0.2) is 17.2 Å². The van der Waals surface area contributed by atoms with Crippen molar-refractivity contribution in [3.63, 3.8) is 0 Å². The standard InChI is InChI=1S/C22H30O11S2/c1-13-6-4-7-14(2)9-10-15-12-16(32-34(25,26)27)19-17(18(15)33-35(28,29)30)20(23)22(3,11-5-8-13)21(24)31-19/h6,9,12,20-21,23-24H,4-5,7-8,10-11H2,1-3H3,(H,25,26,27)(H,28,29,30)/b13-6-,14-9+. The summed E-state index contributed by atoms with van der Waals surface area (Å²) in [5.41, 5.74) is 0.401. The van der Waals surface area contributed by atoms with Crippen molar-refractivity contribution in [2.24, 2.45) is 5.41 Å². The smallest absolute Gasteiger partial charge is 0.446 e. The average Bonchev–Trinajstić information content (AvgIpc) is 2.70. The molecule has 0 amide bonds. The molecule has 3 rings (SSSR count). The molecule has 3 atom stereocenters. The number of allylic oxidation sites excluding steroid dienone is 4. The number of fused-ring (bicyclic) bond motifs is 2. The molecule has 1 aliphatic carbocycles. The maximum absolute atomic E-state index is 11.7. The molecule has 1 aliphatic heterocycles. The molecule has 4 N–H and O–H groups in total. The Hall–Kier alpha value is -2.16. The monoisotopic (exact) mass is 534 g/mol. The first-order chi connectivity index (χ1) is 16.1. The predicted molar refractivity (Wildman–Crippen MR) is 125 cm³/mol. The fourth-order valence-electron chi connectivity index (χ4n) is 4.35. The molecule has 1 aromatic rings. The van der Waals surface area contributed by atoms with Crippen LogP contribution in [0.3, 0.4) is 0 Å². The largest absolute Gasteiger partial charge is 0.460 e. The van der Waals surface area contributed by atoms with E-state index in [4.69, 9.17) is 8.92 Å². The summed E-state index contributed by atoms with van der Waals surface area (Å²) < 4.78 is 80.2. The van der Waals surface area contributed by atoms with Gasteiger partial charge in [-0.15, -0.1) is 0 Å². The van der Waals surface area contributed by atoms with E-state index in [1.165, 1.54) is 6.92 Å². The van der Waals surface area contributed by atoms with Crippen LogP contribution in [0.5, 0.6) is 17.2 Å². The summed E-state index contributed by atoms with van der Waals surface area (Å²) in [6, 6.07) is 1.04. The molecule has 13 heteroatoms. The first-order valence-corrected chi connectivity index (χ1v) is 13.7. The van der Waals surface area contributed by atoms with E-state index in [1.54, 1.807) is 6.08 Å². The third kappa shape index (κ3) is 6.54. The van der Waals surface area contributed by atoms with E-state index in [1.807, 2.05) is 13.8 Å². The summed E-state index contributed by atoms with van der Waals surface area (Å²) in [6.07, 6.45) is 3.50. The highest BCUT2D eigenvalue weighted by atomic mass is 32.3. The van der Waals surface area contributed by atoms with Crippen molar-refractivity contribution in [3.05, 3.63) is 40.5 Å². The number of rotatable bonds is 4. The van der Waals surface area contributed by atoms with Gasteiger partial charge in [0.2, 0.25) is 6.29 Å². The van der Waals surface area contributed by atoms with E-state index >= 15 is 0 Å². The molecule has 2 aliphatic rings. The zero-order valence-electron chi connectivity index (χ0n) is 19.6. The average molecular weight is 535 g/mol. The fraction of sp³-hybridized carbons (Fsp3) is 0.545. The Bertz CT molecular complexity index is 1250. The van der Waals surface area contributed by atoms with Gasteiger partial charge in [0.05, 0.1) is 17.1 Å². The Morgan fingerprint density at radius 3 is 2.26 bits per heavy atom. The minimum Gasteiger partial charge on any atom is -0.460 e. The lowest BCUT2D eigenvalue weighted by molar-refractivity contribution is -0.176. The molecule has 35 heavy (non-hydrogen) atoms. The molecule has 1 heterocycles. The maximum atomic E-state index is 11.7. The van der Waals surface area contributed by atoms with Gasteiger partial charge in [0, 0.05) is 5.56 Å². The van der Waals surface area contributed by atoms with E-state index in [-0.39, 0.29) is 24.0 Å². The van der Waals surface area contributed by atoms with Gasteiger partial charge in [-0.3, -0.25) is 9.11 Å². The van der Waals surface area contributed by atoms with Gasteiger partial charge in [-0.2, -0.15) is 16.8 Å². The Morgan fingerprint density at radius 1 is 1.00 bits per heavy atom. The van der Waals surface area contributed by atoms with Crippen LogP contribution in [-0.2, 0) is 27.2 Å². The number of ether oxygens (including phenoxy) is 1. The summed E-state index contributed by atoms with van der Waals surface area (Å²) in [7, 11) is -10.2. The minimum absolute atomic E-state index is 0.000483. The van der Waals surface area contributed by atoms with Crippen LogP contribution in [-0.4, -0.2) is 42.4 Å². The van der Waals surface area contributed by atoms with Crippen LogP contribution in [0.25, 0.3) is 0 Å². The highest BCUT2D eigenvalue weighted by molar-refractivity contribution is 7.81. The van der Waals surface area contributed by atoms with Gasteiger partial charge in [0.25, 0.3) is 0 Å². The fourth-order valence-corrected chi connectivity index (χ4v) is 5.11. The van der Waals surface area contributed by atoms with E-state index in [0.717, 1.165) is 23.6 Å². The van der Waals surface area contributed by atoms with Crippen LogP contribution in [0.2, 0.25) is 0 Å². The van der Waals surface area contributed by atoms with Crippen molar-refractivity contribution in [2.75, 3.05) is 0 Å². The Labute approximate surface area is 204 Å². The second kappa shape index (κ2) is 10.1. The van der Waals surface area contributed by atoms with E-state index < -0.39 is 55.9 Å². The molecule has 0 aromatic heterocycles. The normalized spacial score (nSPS) is 29.0. The number of hydrogen-bond donors (Lipinski definition) is 4. The van der Waals surface area contributed by atoms with Gasteiger partial charge in [-0.25, -0.2) is 0 Å². The summed E-state index contributed by atoms with van der Waals surface area (Å²) in [6.45, 7) is 5.38. The molecule has 11 nitrogen and oxygen atoms in total. The van der Waals surface area contributed by atoms with Gasteiger partial charge in [-0.1, -0.05) is 30.2 Å². The topological polar surface area (TPSA) is 177 Å². The van der Waals surface area contributed by atoms with Crippen molar-refractivity contribution < 1.29 is 49.3 Å². The molecule has 0 saturated carbocycles. The van der Waals surface area contributed by atoms with E-state index in [0.29, 0.717) is 19.3 Å². The Morgan fingerprint density at radius 2 is 1.63 bits per heavy atom. The number of hydrogen-bond acceptors (Lipinski definition) is 9. The maximum Gasteiger partial charge on any atom is 0.446 e. The van der Waals surface area contributed by atoms with Crippen LogP contribution in [0.1, 0.15) is 70.1 Å². The molecule has 0 spiro atoms. The summed E-state index contributed by atoms with van der Waals surface area (Å²) in [5.74, 6) is -1.61. The lowest BCUT2D eigenvalue weighted by Crippen LogP contribution is -2.45. The second-order valence-electron chi connectivity index (χ2n) is 9.20. The third-order valence-electron chi connectivity index (χ3n) is 6.37. The van der Waals surface area contributed by atoms with Crippen molar-refractivity contribution in [2.45, 2.75) is 71.7 Å². The van der Waals surface area contributed by atoms with Gasteiger partial charge < -0.3 is 23.3 Å². The Balaban J connectivity index is 2.32. The van der Waals surface area contributed by atoms with Crippen LogP contribution in [0, 0.1) is 5.41 Å². The van der Waals surface area contributed by atoms with Crippen molar-refractivity contribution in [3.8, 4) is 17.2 Å². The lowest BCUT2D eigenvalue weighted by atomic mass is 9.73. The predicted octanol–water partition coefficient (Wildman–Crippen LogP) is 3.20. The van der Waals surface area contributed by atoms with Crippen molar-refractivity contribution in [1.82, 2.24) is 0 Å². The van der Waals surface area contributed by atoms with Gasteiger partial charge >= 0.3 is 20.8 Å². The SMILES string of the molecule is C/C1=C/CC/C(C)=C/Cc2cc(OS(=O)(=O)O)c3c(c2OS(=O)(=O)O)C(O)C(C)(CCC1)C(O)O3. The van der Waals surface area contributed by atoms with Crippen LogP contribution in [0.15, 0.2) is 29.4 Å². The quantitative estimate of drug-likeness (QED) is 0.329. The summed E-state index contributed by atoms with van der Waals surface area (Å²) in [4.78, 5) is 0. The molecule has 0 fully saturated rings. The number of benzene rings is 1. The van der Waals surface area contributed by atoms with Crippen LogP contribution >= 0.6 is 0 Å². The molecular weight excluding hydrogens is 504 g/mol. The van der Waals surface area contributed by atoms with Gasteiger partial charge in [0.1, 0.15) is 0 Å². The molecule has 3 unspecified atom stereocenters. The molecule has 0 radical (unpaired) electrons. The molecule has 196 valence electrons. The van der Waals surface area contributed by atoms with Gasteiger partial charge in [-0.05, 0) is 58.4 Å². The third-order valence-corrected chi connectivity index (χ3v) is 7.14. The zero-order chi connectivity index (χ0) is 26.2. The summed E-state index contributed by atoms with van der Waals surface area (Å²) >= 11 is 0. The zero-order valence-corrected chi connectivity index (χ0v) is 21.2. The molecule has 3 bridgehead atoms. The number of aliphatic hydroxyl groups is 2. The lowest BCUT2D eigenvalue weighted by Gasteiger charge is -2.44. The van der Waals surface area contributed by atoms with E-state index in [9.17, 15) is 36.2 Å².